The number of carbonyl (C=O) groups excluding carboxylic acids is 1. The van der Waals surface area contributed by atoms with Crippen molar-refractivity contribution in [2.45, 2.75) is 6.92 Å². The third-order valence-electron chi connectivity index (χ3n) is 2.69. The van der Waals surface area contributed by atoms with Crippen molar-refractivity contribution < 1.29 is 13.6 Å². The second kappa shape index (κ2) is 5.36. The van der Waals surface area contributed by atoms with Crippen LogP contribution in [0.2, 0.25) is 5.02 Å². The van der Waals surface area contributed by atoms with Gasteiger partial charge in [0.25, 0.3) is 5.91 Å². The molecule has 0 spiro atoms. The number of anilines is 1. The Balaban J connectivity index is 2.31. The van der Waals surface area contributed by atoms with Crippen molar-refractivity contribution in [3.05, 3.63) is 64.2 Å². The molecule has 19 heavy (non-hydrogen) atoms. The van der Waals surface area contributed by atoms with Gasteiger partial charge < -0.3 is 5.32 Å². The zero-order valence-corrected chi connectivity index (χ0v) is 10.8. The third-order valence-corrected chi connectivity index (χ3v) is 2.92. The molecular weight excluding hydrogens is 272 g/mol. The molecule has 0 fully saturated rings. The van der Waals surface area contributed by atoms with Crippen LogP contribution in [0.1, 0.15) is 15.9 Å². The summed E-state index contributed by atoms with van der Waals surface area (Å²) in [5.74, 6) is -1.80. The van der Waals surface area contributed by atoms with E-state index in [0.29, 0.717) is 11.3 Å². The molecular formula is C14H10ClF2NO. The fourth-order valence-corrected chi connectivity index (χ4v) is 1.78. The Bertz CT molecular complexity index is 643. The molecule has 0 aliphatic rings. The van der Waals surface area contributed by atoms with E-state index in [1.165, 1.54) is 31.2 Å². The minimum atomic E-state index is -0.684. The van der Waals surface area contributed by atoms with Crippen molar-refractivity contribution in [2.24, 2.45) is 0 Å². The predicted octanol–water partition coefficient (Wildman–Crippen LogP) is 4.18. The van der Waals surface area contributed by atoms with Gasteiger partial charge in [0.05, 0.1) is 5.56 Å². The quantitative estimate of drug-likeness (QED) is 0.879. The van der Waals surface area contributed by atoms with Crippen LogP contribution < -0.4 is 5.32 Å². The number of rotatable bonds is 2. The van der Waals surface area contributed by atoms with Gasteiger partial charge >= 0.3 is 0 Å². The van der Waals surface area contributed by atoms with E-state index >= 15 is 0 Å². The van der Waals surface area contributed by atoms with Crippen LogP contribution in [-0.4, -0.2) is 5.91 Å². The number of carbonyl (C=O) groups is 1. The van der Waals surface area contributed by atoms with Crippen LogP contribution in [0.25, 0.3) is 0 Å². The summed E-state index contributed by atoms with van der Waals surface area (Å²) < 4.78 is 26.8. The topological polar surface area (TPSA) is 29.1 Å². The number of nitrogens with one attached hydrogen (secondary N) is 1. The molecule has 0 unspecified atom stereocenters. The first-order chi connectivity index (χ1) is 8.99. The summed E-state index contributed by atoms with van der Waals surface area (Å²) in [5.41, 5.74) is 0.402. The zero-order valence-electron chi connectivity index (χ0n) is 10.0. The van der Waals surface area contributed by atoms with E-state index in [4.69, 9.17) is 11.6 Å². The largest absolute Gasteiger partial charge is 0.322 e. The molecule has 2 rings (SSSR count). The van der Waals surface area contributed by atoms with Gasteiger partial charge in [0, 0.05) is 16.3 Å². The zero-order chi connectivity index (χ0) is 14.0. The van der Waals surface area contributed by atoms with Gasteiger partial charge in [-0.05, 0) is 37.3 Å². The highest BCUT2D eigenvalue weighted by molar-refractivity contribution is 6.31. The predicted molar refractivity (Wildman–Crippen MR) is 70.5 cm³/mol. The van der Waals surface area contributed by atoms with Crippen LogP contribution in [0.15, 0.2) is 36.4 Å². The van der Waals surface area contributed by atoms with Gasteiger partial charge in [-0.1, -0.05) is 17.7 Å². The standard InChI is InChI=1S/C14H10ClF2NO/c1-8-11(16)3-2-4-13(8)18-14(19)10-7-9(15)5-6-12(10)17/h2-7H,1H3,(H,18,19). The Morgan fingerprint density at radius 3 is 2.63 bits per heavy atom. The van der Waals surface area contributed by atoms with Gasteiger partial charge in [0.1, 0.15) is 11.6 Å². The summed E-state index contributed by atoms with van der Waals surface area (Å²) >= 11 is 5.71. The Morgan fingerprint density at radius 2 is 1.89 bits per heavy atom. The Labute approximate surface area is 114 Å². The van der Waals surface area contributed by atoms with Gasteiger partial charge in [-0.3, -0.25) is 4.79 Å². The first-order valence-electron chi connectivity index (χ1n) is 5.50. The van der Waals surface area contributed by atoms with Crippen LogP contribution in [0.3, 0.4) is 0 Å². The molecule has 2 aromatic carbocycles. The van der Waals surface area contributed by atoms with E-state index in [1.54, 1.807) is 6.07 Å². The molecule has 0 radical (unpaired) electrons. The lowest BCUT2D eigenvalue weighted by Gasteiger charge is -2.09. The lowest BCUT2D eigenvalue weighted by atomic mass is 10.1. The number of halogens is 3. The second-order valence-corrected chi connectivity index (χ2v) is 4.43. The number of hydrogen-bond donors (Lipinski definition) is 1. The van der Waals surface area contributed by atoms with E-state index in [-0.39, 0.29) is 10.6 Å². The van der Waals surface area contributed by atoms with Crippen LogP contribution in [0.4, 0.5) is 14.5 Å². The van der Waals surface area contributed by atoms with Gasteiger partial charge in [0.2, 0.25) is 0 Å². The summed E-state index contributed by atoms with van der Waals surface area (Å²) in [6, 6.07) is 7.97. The van der Waals surface area contributed by atoms with Crippen molar-refractivity contribution in [3.63, 3.8) is 0 Å². The Kier molecular flexibility index (Phi) is 3.81. The highest BCUT2D eigenvalue weighted by Crippen LogP contribution is 2.20. The molecule has 2 nitrogen and oxygen atoms in total. The van der Waals surface area contributed by atoms with Crippen molar-refractivity contribution in [1.29, 1.82) is 0 Å². The molecule has 1 amide bonds. The molecule has 98 valence electrons. The summed E-state index contributed by atoms with van der Waals surface area (Å²) in [6.07, 6.45) is 0. The number of benzene rings is 2. The molecule has 0 saturated heterocycles. The molecule has 0 aliphatic carbocycles. The molecule has 0 aromatic heterocycles. The molecule has 2 aromatic rings. The van der Waals surface area contributed by atoms with E-state index in [2.05, 4.69) is 5.32 Å². The van der Waals surface area contributed by atoms with Crippen molar-refractivity contribution in [1.82, 2.24) is 0 Å². The van der Waals surface area contributed by atoms with Gasteiger partial charge in [-0.25, -0.2) is 8.78 Å². The van der Waals surface area contributed by atoms with Crippen molar-refractivity contribution in [3.8, 4) is 0 Å². The van der Waals surface area contributed by atoms with E-state index in [9.17, 15) is 13.6 Å². The Hall–Kier alpha value is -1.94. The highest BCUT2D eigenvalue weighted by atomic mass is 35.5. The van der Waals surface area contributed by atoms with Gasteiger partial charge in [-0.15, -0.1) is 0 Å². The average molecular weight is 282 g/mol. The lowest BCUT2D eigenvalue weighted by Crippen LogP contribution is -2.14. The van der Waals surface area contributed by atoms with Gasteiger partial charge in [-0.2, -0.15) is 0 Å². The maximum atomic E-state index is 13.5. The highest BCUT2D eigenvalue weighted by Gasteiger charge is 2.14. The first-order valence-corrected chi connectivity index (χ1v) is 5.88. The van der Waals surface area contributed by atoms with Crippen LogP contribution >= 0.6 is 11.6 Å². The monoisotopic (exact) mass is 281 g/mol. The molecule has 0 aliphatic heterocycles. The fourth-order valence-electron chi connectivity index (χ4n) is 1.60. The summed E-state index contributed by atoms with van der Waals surface area (Å²) in [5, 5.41) is 2.71. The van der Waals surface area contributed by atoms with E-state index < -0.39 is 17.5 Å². The second-order valence-electron chi connectivity index (χ2n) is 3.99. The molecule has 0 saturated carbocycles. The minimum Gasteiger partial charge on any atom is -0.322 e. The fraction of sp³-hybridized carbons (Fsp3) is 0.0714. The first kappa shape index (κ1) is 13.5. The summed E-state index contributed by atoms with van der Waals surface area (Å²) in [7, 11) is 0. The van der Waals surface area contributed by atoms with Crippen molar-refractivity contribution >= 4 is 23.2 Å². The minimum absolute atomic E-state index is 0.184. The molecule has 1 N–H and O–H groups in total. The molecule has 0 atom stereocenters. The molecule has 5 heteroatoms. The Morgan fingerprint density at radius 1 is 1.16 bits per heavy atom. The smallest absolute Gasteiger partial charge is 0.258 e. The average Bonchev–Trinajstić information content (AvgIpc) is 2.38. The summed E-state index contributed by atoms with van der Waals surface area (Å²) in [4.78, 5) is 11.9. The molecule has 0 heterocycles. The number of amides is 1. The maximum Gasteiger partial charge on any atom is 0.258 e. The van der Waals surface area contributed by atoms with E-state index in [1.807, 2.05) is 0 Å². The van der Waals surface area contributed by atoms with Crippen LogP contribution in [-0.2, 0) is 0 Å². The SMILES string of the molecule is Cc1c(F)cccc1NC(=O)c1cc(Cl)ccc1F. The van der Waals surface area contributed by atoms with Gasteiger partial charge in [0.15, 0.2) is 0 Å². The van der Waals surface area contributed by atoms with E-state index in [0.717, 1.165) is 6.07 Å². The number of hydrogen-bond acceptors (Lipinski definition) is 1. The van der Waals surface area contributed by atoms with Crippen molar-refractivity contribution in [2.75, 3.05) is 5.32 Å². The van der Waals surface area contributed by atoms with Crippen LogP contribution in [0.5, 0.6) is 0 Å². The lowest BCUT2D eigenvalue weighted by molar-refractivity contribution is 0.102. The molecule has 0 bridgehead atoms. The maximum absolute atomic E-state index is 13.5. The van der Waals surface area contributed by atoms with Crippen LogP contribution in [0, 0.1) is 18.6 Å². The summed E-state index contributed by atoms with van der Waals surface area (Å²) in [6.45, 7) is 1.53. The normalized spacial score (nSPS) is 10.3. The third kappa shape index (κ3) is 2.90.